The molecule has 0 fully saturated rings. The van der Waals surface area contributed by atoms with E-state index in [2.05, 4.69) is 13.5 Å². The number of carbonyl (C=O) groups is 2. The Morgan fingerprint density at radius 1 is 0.692 bits per heavy atom. The number of hydrogen-bond acceptors (Lipinski definition) is 4. The van der Waals surface area contributed by atoms with Gasteiger partial charge in [-0.25, -0.2) is 0 Å². The molecule has 0 amide bonds. The van der Waals surface area contributed by atoms with Crippen molar-refractivity contribution in [2.75, 3.05) is 13.2 Å². The normalized spacial score (nSPS) is 10.5. The van der Waals surface area contributed by atoms with Crippen LogP contribution in [0.3, 0.4) is 0 Å². The maximum atomic E-state index is 11.6. The minimum absolute atomic E-state index is 0.0548. The summed E-state index contributed by atoms with van der Waals surface area (Å²) in [5.74, 6) is -0.166. The van der Waals surface area contributed by atoms with Crippen LogP contribution < -0.4 is 0 Å². The van der Waals surface area contributed by atoms with E-state index in [1.165, 1.54) is 25.7 Å². The quantitative estimate of drug-likeness (QED) is 0.156. The van der Waals surface area contributed by atoms with Crippen molar-refractivity contribution in [3.8, 4) is 0 Å². The third-order valence-electron chi connectivity index (χ3n) is 4.36. The lowest BCUT2D eigenvalue weighted by molar-refractivity contribution is -0.144. The van der Waals surface area contributed by atoms with Crippen LogP contribution in [0.5, 0.6) is 0 Å². The molecule has 0 saturated carbocycles. The summed E-state index contributed by atoms with van der Waals surface area (Å²) in [5, 5.41) is 0. The molecule has 0 aromatic rings. The van der Waals surface area contributed by atoms with Crippen LogP contribution in [-0.2, 0) is 19.1 Å². The predicted octanol–water partition coefficient (Wildman–Crippen LogP) is 6.13. The second-order valence-corrected chi connectivity index (χ2v) is 6.91. The highest BCUT2D eigenvalue weighted by molar-refractivity contribution is 5.69. The molecule has 0 bridgehead atoms. The van der Waals surface area contributed by atoms with Crippen molar-refractivity contribution < 1.29 is 19.1 Å². The molecule has 0 heterocycles. The summed E-state index contributed by atoms with van der Waals surface area (Å²) in [5.41, 5.74) is 0. The first-order valence-electron chi connectivity index (χ1n) is 10.6. The molecule has 0 aliphatic rings. The molecule has 0 aromatic carbocycles. The molecule has 0 N–H and O–H groups in total. The summed E-state index contributed by atoms with van der Waals surface area (Å²) in [6.45, 7) is 6.82. The number of hydrogen-bond donors (Lipinski definition) is 0. The first kappa shape index (κ1) is 24.7. The van der Waals surface area contributed by atoms with Gasteiger partial charge in [-0.3, -0.25) is 9.59 Å². The van der Waals surface area contributed by atoms with Gasteiger partial charge in [0.25, 0.3) is 0 Å². The van der Waals surface area contributed by atoms with Gasteiger partial charge < -0.3 is 9.47 Å². The van der Waals surface area contributed by atoms with Crippen molar-refractivity contribution in [1.82, 2.24) is 0 Å². The second kappa shape index (κ2) is 20.0. The maximum absolute atomic E-state index is 11.6. The largest absolute Gasteiger partial charge is 0.466 e. The smallest absolute Gasteiger partial charge is 0.305 e. The number of ether oxygens (including phenoxy) is 2. The molecule has 0 aromatic heterocycles. The molecule has 4 nitrogen and oxygen atoms in total. The summed E-state index contributed by atoms with van der Waals surface area (Å²) in [6, 6.07) is 0. The van der Waals surface area contributed by atoms with Crippen LogP contribution in [0.15, 0.2) is 12.7 Å². The Morgan fingerprint density at radius 2 is 1.15 bits per heavy atom. The minimum atomic E-state index is -0.111. The van der Waals surface area contributed by atoms with E-state index in [4.69, 9.17) is 9.47 Å². The first-order chi connectivity index (χ1) is 12.7. The Balaban J connectivity index is 3.25. The summed E-state index contributed by atoms with van der Waals surface area (Å²) < 4.78 is 10.3. The molecule has 0 aliphatic carbocycles. The fourth-order valence-corrected chi connectivity index (χ4v) is 2.71. The molecular weight excluding hydrogens is 328 g/mol. The SMILES string of the molecule is C=CCCOC(=O)CCCCCCCCC(=O)OCCCCCCCC. The van der Waals surface area contributed by atoms with Crippen LogP contribution in [-0.4, -0.2) is 25.2 Å². The fraction of sp³-hybridized carbons (Fsp3) is 0.818. The maximum Gasteiger partial charge on any atom is 0.305 e. The van der Waals surface area contributed by atoms with Gasteiger partial charge in [-0.2, -0.15) is 0 Å². The lowest BCUT2D eigenvalue weighted by atomic mass is 10.1. The highest BCUT2D eigenvalue weighted by Crippen LogP contribution is 2.10. The molecule has 0 aliphatic heterocycles. The molecule has 0 saturated heterocycles. The van der Waals surface area contributed by atoms with Gasteiger partial charge in [-0.15, -0.1) is 6.58 Å². The van der Waals surface area contributed by atoms with Crippen molar-refractivity contribution in [2.45, 2.75) is 103 Å². The van der Waals surface area contributed by atoms with Gasteiger partial charge in [0, 0.05) is 12.8 Å². The van der Waals surface area contributed by atoms with E-state index in [9.17, 15) is 9.59 Å². The molecule has 26 heavy (non-hydrogen) atoms. The molecule has 0 atom stereocenters. The van der Waals surface area contributed by atoms with Crippen molar-refractivity contribution in [1.29, 1.82) is 0 Å². The zero-order valence-corrected chi connectivity index (χ0v) is 16.9. The van der Waals surface area contributed by atoms with Crippen molar-refractivity contribution in [2.24, 2.45) is 0 Å². The van der Waals surface area contributed by atoms with E-state index in [-0.39, 0.29) is 11.9 Å². The lowest BCUT2D eigenvalue weighted by Gasteiger charge is -2.05. The lowest BCUT2D eigenvalue weighted by Crippen LogP contribution is -2.05. The number of unbranched alkanes of at least 4 members (excludes halogenated alkanes) is 10. The Bertz CT molecular complexity index is 352. The number of carbonyl (C=O) groups excluding carboxylic acids is 2. The first-order valence-corrected chi connectivity index (χ1v) is 10.6. The zero-order valence-electron chi connectivity index (χ0n) is 16.9. The van der Waals surface area contributed by atoms with Crippen molar-refractivity contribution in [3.63, 3.8) is 0 Å². The Morgan fingerprint density at radius 3 is 1.69 bits per heavy atom. The van der Waals surface area contributed by atoms with E-state index in [0.29, 0.717) is 32.5 Å². The van der Waals surface area contributed by atoms with Gasteiger partial charge >= 0.3 is 11.9 Å². The minimum Gasteiger partial charge on any atom is -0.466 e. The monoisotopic (exact) mass is 368 g/mol. The molecule has 0 rings (SSSR count). The molecule has 0 radical (unpaired) electrons. The third kappa shape index (κ3) is 19.0. The number of rotatable bonds is 19. The summed E-state index contributed by atoms with van der Waals surface area (Å²) in [7, 11) is 0. The molecule has 0 unspecified atom stereocenters. The van der Waals surface area contributed by atoms with Crippen LogP contribution >= 0.6 is 0 Å². The highest BCUT2D eigenvalue weighted by atomic mass is 16.5. The van der Waals surface area contributed by atoms with E-state index in [0.717, 1.165) is 51.4 Å². The number of esters is 2. The van der Waals surface area contributed by atoms with Crippen molar-refractivity contribution in [3.05, 3.63) is 12.7 Å². The van der Waals surface area contributed by atoms with E-state index in [1.54, 1.807) is 6.08 Å². The average Bonchev–Trinajstić information content (AvgIpc) is 2.63. The van der Waals surface area contributed by atoms with E-state index >= 15 is 0 Å². The summed E-state index contributed by atoms with van der Waals surface area (Å²) in [4.78, 5) is 23.0. The molecule has 152 valence electrons. The highest BCUT2D eigenvalue weighted by Gasteiger charge is 2.04. The molecule has 4 heteroatoms. The van der Waals surface area contributed by atoms with Gasteiger partial charge in [-0.05, 0) is 25.7 Å². The Labute approximate surface area is 160 Å². The average molecular weight is 369 g/mol. The van der Waals surface area contributed by atoms with Crippen LogP contribution in [0.1, 0.15) is 103 Å². The van der Waals surface area contributed by atoms with Crippen LogP contribution in [0.4, 0.5) is 0 Å². The van der Waals surface area contributed by atoms with Gasteiger partial charge in [0.2, 0.25) is 0 Å². The topological polar surface area (TPSA) is 52.6 Å². The molecule has 0 spiro atoms. The fourth-order valence-electron chi connectivity index (χ4n) is 2.71. The van der Waals surface area contributed by atoms with E-state index < -0.39 is 0 Å². The van der Waals surface area contributed by atoms with Gasteiger partial charge in [0.1, 0.15) is 0 Å². The standard InChI is InChI=1S/C22H40O4/c1-3-5-7-8-13-16-20-26-22(24)18-15-12-10-9-11-14-17-21(23)25-19-6-4-2/h4H,2-3,5-20H2,1H3. The zero-order chi connectivity index (χ0) is 19.3. The van der Waals surface area contributed by atoms with E-state index in [1.807, 2.05) is 0 Å². The Hall–Kier alpha value is -1.32. The van der Waals surface area contributed by atoms with Gasteiger partial charge in [-0.1, -0.05) is 70.8 Å². The van der Waals surface area contributed by atoms with Crippen molar-refractivity contribution >= 4 is 11.9 Å². The third-order valence-corrected chi connectivity index (χ3v) is 4.36. The van der Waals surface area contributed by atoms with Gasteiger partial charge in [0.15, 0.2) is 0 Å². The van der Waals surface area contributed by atoms with Crippen LogP contribution in [0, 0.1) is 0 Å². The van der Waals surface area contributed by atoms with Crippen LogP contribution in [0.25, 0.3) is 0 Å². The van der Waals surface area contributed by atoms with Crippen LogP contribution in [0.2, 0.25) is 0 Å². The summed E-state index contributed by atoms with van der Waals surface area (Å²) >= 11 is 0. The summed E-state index contributed by atoms with van der Waals surface area (Å²) in [6.07, 6.45) is 16.8. The Kier molecular flexibility index (Phi) is 19.0. The predicted molar refractivity (Wildman–Crippen MR) is 107 cm³/mol. The van der Waals surface area contributed by atoms with Gasteiger partial charge in [0.05, 0.1) is 13.2 Å². The molecular formula is C22H40O4. The second-order valence-electron chi connectivity index (χ2n) is 6.91.